The van der Waals surface area contributed by atoms with E-state index in [1.807, 2.05) is 0 Å². The van der Waals surface area contributed by atoms with Gasteiger partial charge in [-0.05, 0) is 142 Å². The Morgan fingerprint density at radius 2 is 0.560 bits per heavy atom. The van der Waals surface area contributed by atoms with E-state index < -0.39 is 0 Å². The summed E-state index contributed by atoms with van der Waals surface area (Å²) in [5.41, 5.74) is 22.3. The quantitative estimate of drug-likeness (QED) is 0.0383. The number of benzene rings is 8. The van der Waals surface area contributed by atoms with E-state index in [0.717, 1.165) is 0 Å². The van der Waals surface area contributed by atoms with Crippen LogP contribution in [0.3, 0.4) is 0 Å². The third-order valence-corrected chi connectivity index (χ3v) is 20.5. The molecule has 0 unspecified atom stereocenters. The van der Waals surface area contributed by atoms with Crippen LogP contribution in [0.2, 0.25) is 0 Å². The molecule has 0 saturated carbocycles. The van der Waals surface area contributed by atoms with Crippen molar-refractivity contribution in [1.82, 2.24) is 9.13 Å². The molecule has 0 spiro atoms. The molecule has 0 N–H and O–H groups in total. The second-order valence-corrected chi connectivity index (χ2v) is 26.0. The Bertz CT molecular complexity index is 3520. The van der Waals surface area contributed by atoms with Crippen LogP contribution in [0.5, 0.6) is 0 Å². The summed E-state index contributed by atoms with van der Waals surface area (Å²) < 4.78 is 5.10. The number of nitrogens with zero attached hydrogens (tertiary/aromatic N) is 2. The third-order valence-electron chi connectivity index (χ3n) is 20.5. The summed E-state index contributed by atoms with van der Waals surface area (Å²) in [6.45, 7) is 9.33. The van der Waals surface area contributed by atoms with Crippen molar-refractivity contribution in [1.29, 1.82) is 0 Å². The highest BCUT2D eigenvalue weighted by molar-refractivity contribution is 6.13. The van der Waals surface area contributed by atoms with Gasteiger partial charge in [0.2, 0.25) is 0 Å². The van der Waals surface area contributed by atoms with Crippen molar-refractivity contribution < 1.29 is 0 Å². The maximum atomic E-state index is 2.67. The predicted molar refractivity (Wildman–Crippen MR) is 365 cm³/mol. The van der Waals surface area contributed by atoms with Gasteiger partial charge in [0, 0.05) is 43.7 Å². The van der Waals surface area contributed by atoms with Crippen LogP contribution in [-0.2, 0) is 10.8 Å². The van der Waals surface area contributed by atoms with E-state index in [0.29, 0.717) is 0 Å². The van der Waals surface area contributed by atoms with Crippen LogP contribution in [-0.4, -0.2) is 9.13 Å². The molecule has 2 nitrogen and oxygen atoms in total. The average molecular weight is 1110 g/mol. The molecule has 2 aromatic heterocycles. The van der Waals surface area contributed by atoms with Gasteiger partial charge in [0.25, 0.3) is 0 Å². The first-order valence-corrected chi connectivity index (χ1v) is 34.1. The number of hydrogen-bond donors (Lipinski definition) is 0. The van der Waals surface area contributed by atoms with Crippen molar-refractivity contribution in [3.63, 3.8) is 0 Å². The first-order valence-electron chi connectivity index (χ1n) is 34.1. The van der Waals surface area contributed by atoms with Crippen LogP contribution < -0.4 is 0 Å². The van der Waals surface area contributed by atoms with Crippen LogP contribution >= 0.6 is 0 Å². The first kappa shape index (κ1) is 57.8. The molecule has 0 amide bonds. The van der Waals surface area contributed by atoms with Gasteiger partial charge in [-0.25, -0.2) is 0 Å². The first-order chi connectivity index (χ1) is 41.5. The SMILES string of the molecule is CCCCCCCCC1(CCCCCCCC)c2ccccc2-c2cc3c(cc21)c1ccccc1n3-c1ccc(-c2ccc(-n3c4ccccc4c4cc5c(cc43)-c3ccccc3C5(CCCCCCCC)CCCCCCCC)cc2)cc1. The molecule has 0 atom stereocenters. The Kier molecular flexibility index (Phi) is 18.4. The zero-order valence-electron chi connectivity index (χ0n) is 51.9. The molecule has 0 radical (unpaired) electrons. The van der Waals surface area contributed by atoms with Gasteiger partial charge in [-0.2, -0.15) is 0 Å². The largest absolute Gasteiger partial charge is 0.309 e. The molecule has 2 heteroatoms. The Morgan fingerprint density at radius 1 is 0.250 bits per heavy atom. The second kappa shape index (κ2) is 26.7. The number of aromatic nitrogens is 2. The zero-order chi connectivity index (χ0) is 57.3. The van der Waals surface area contributed by atoms with Crippen molar-refractivity contribution in [2.45, 2.75) is 218 Å². The monoisotopic (exact) mass is 1110 g/mol. The summed E-state index contributed by atoms with van der Waals surface area (Å²) in [5.74, 6) is 0. The molecular weight excluding hydrogens is 1010 g/mol. The van der Waals surface area contributed by atoms with E-state index in [4.69, 9.17) is 0 Å². The summed E-state index contributed by atoms with van der Waals surface area (Å²) in [6, 6.07) is 66.8. The molecule has 8 aromatic carbocycles. The minimum atomic E-state index is 0.0519. The minimum absolute atomic E-state index is 0.0519. The molecule has 84 heavy (non-hydrogen) atoms. The van der Waals surface area contributed by atoms with Crippen molar-refractivity contribution in [2.75, 3.05) is 0 Å². The van der Waals surface area contributed by atoms with E-state index >= 15 is 0 Å². The van der Waals surface area contributed by atoms with Gasteiger partial charge in [-0.3, -0.25) is 0 Å². The molecule has 434 valence electrons. The van der Waals surface area contributed by atoms with Crippen molar-refractivity contribution >= 4 is 43.6 Å². The highest BCUT2D eigenvalue weighted by Crippen LogP contribution is 2.58. The fourth-order valence-electron chi connectivity index (χ4n) is 16.1. The summed E-state index contributed by atoms with van der Waals surface area (Å²) in [5, 5.41) is 5.46. The average Bonchev–Trinajstić information content (AvgIpc) is 1.69. The van der Waals surface area contributed by atoms with E-state index in [2.05, 4.69) is 207 Å². The topological polar surface area (TPSA) is 9.86 Å². The van der Waals surface area contributed by atoms with Crippen LogP contribution in [0.15, 0.2) is 170 Å². The molecular formula is C82H96N2. The van der Waals surface area contributed by atoms with Crippen LogP contribution in [0, 0.1) is 0 Å². The third kappa shape index (κ3) is 11.1. The lowest BCUT2D eigenvalue weighted by atomic mass is 9.70. The van der Waals surface area contributed by atoms with Crippen molar-refractivity contribution in [3.8, 4) is 44.8 Å². The summed E-state index contributed by atoms with van der Waals surface area (Å²) in [7, 11) is 0. The molecule has 0 bridgehead atoms. The van der Waals surface area contributed by atoms with Gasteiger partial charge in [0.1, 0.15) is 0 Å². The Morgan fingerprint density at radius 3 is 0.917 bits per heavy atom. The lowest BCUT2D eigenvalue weighted by Gasteiger charge is -2.33. The van der Waals surface area contributed by atoms with Crippen molar-refractivity contribution in [3.05, 3.63) is 192 Å². The summed E-state index contributed by atoms with van der Waals surface area (Å²) in [6.07, 6.45) is 36.9. The number of unbranched alkanes of at least 4 members (excludes halogenated alkanes) is 20. The summed E-state index contributed by atoms with van der Waals surface area (Å²) in [4.78, 5) is 0. The number of rotatable bonds is 31. The van der Waals surface area contributed by atoms with Gasteiger partial charge in [0.15, 0.2) is 0 Å². The van der Waals surface area contributed by atoms with Gasteiger partial charge in [-0.1, -0.05) is 291 Å². The van der Waals surface area contributed by atoms with Crippen molar-refractivity contribution in [2.24, 2.45) is 0 Å². The smallest absolute Gasteiger partial charge is 0.0547 e. The molecule has 0 fully saturated rings. The molecule has 2 heterocycles. The fraction of sp³-hybridized carbons (Fsp3) is 0.415. The second-order valence-electron chi connectivity index (χ2n) is 26.0. The fourth-order valence-corrected chi connectivity index (χ4v) is 16.1. The zero-order valence-corrected chi connectivity index (χ0v) is 51.9. The van der Waals surface area contributed by atoms with Gasteiger partial charge < -0.3 is 9.13 Å². The highest BCUT2D eigenvalue weighted by atomic mass is 15.0. The van der Waals surface area contributed by atoms with Crippen LogP contribution in [0.4, 0.5) is 0 Å². The minimum Gasteiger partial charge on any atom is -0.309 e. The molecule has 2 aliphatic carbocycles. The van der Waals surface area contributed by atoms with E-state index in [1.54, 1.807) is 22.3 Å². The van der Waals surface area contributed by atoms with Crippen LogP contribution in [0.1, 0.15) is 230 Å². The molecule has 10 aromatic rings. The Hall–Kier alpha value is -6.64. The highest BCUT2D eigenvalue weighted by Gasteiger charge is 2.44. The standard InChI is InChI=1S/C82H96N2/c1-5-9-13-17-21-33-53-81(54-34-22-18-14-10-6-2)73-41-29-25-37-65(73)69-59-79-71(57-75(69)81)67-39-27-31-43-77(67)83(79)63-49-45-61(46-50-63)62-47-51-64(52-48-62)84-78-44-32-28-40-68(78)72-58-76-70(60-80(72)84)66-38-26-30-42-74(66)82(76,55-35-23-19-15-11-7-3)56-36-24-20-16-12-8-4/h25-32,37-52,57-60H,5-24,33-36,53-56H2,1-4H3. The van der Waals surface area contributed by atoms with Gasteiger partial charge in [0.05, 0.1) is 22.1 Å². The lowest BCUT2D eigenvalue weighted by molar-refractivity contribution is 0.398. The van der Waals surface area contributed by atoms with E-state index in [-0.39, 0.29) is 10.8 Å². The van der Waals surface area contributed by atoms with Crippen LogP contribution in [0.25, 0.3) is 88.4 Å². The number of hydrogen-bond acceptors (Lipinski definition) is 0. The molecule has 2 aliphatic rings. The van der Waals surface area contributed by atoms with Gasteiger partial charge >= 0.3 is 0 Å². The summed E-state index contributed by atoms with van der Waals surface area (Å²) >= 11 is 0. The van der Waals surface area contributed by atoms with Gasteiger partial charge in [-0.15, -0.1) is 0 Å². The maximum absolute atomic E-state index is 2.67. The molecule has 0 saturated heterocycles. The number of para-hydroxylation sites is 2. The molecule has 0 aliphatic heterocycles. The normalized spacial score (nSPS) is 13.8. The van der Waals surface area contributed by atoms with E-state index in [9.17, 15) is 0 Å². The van der Waals surface area contributed by atoms with E-state index in [1.165, 1.54) is 268 Å². The molecule has 12 rings (SSSR count). The Labute approximate surface area is 505 Å². The number of fused-ring (bicyclic) bond motifs is 12. The maximum Gasteiger partial charge on any atom is 0.0547 e. The predicted octanol–water partition coefficient (Wildman–Crippen LogP) is 25.1. The lowest BCUT2D eigenvalue weighted by Crippen LogP contribution is -2.25. The Balaban J connectivity index is 0.872.